The second-order valence-corrected chi connectivity index (χ2v) is 9.07. The average Bonchev–Trinajstić information content (AvgIpc) is 3.34. The molecule has 0 unspecified atom stereocenters. The Labute approximate surface area is 190 Å². The minimum Gasteiger partial charge on any atom is -0.473 e. The lowest BCUT2D eigenvalue weighted by Crippen LogP contribution is -2.38. The van der Waals surface area contributed by atoms with Gasteiger partial charge >= 0.3 is 0 Å². The van der Waals surface area contributed by atoms with Crippen LogP contribution in [0.25, 0.3) is 11.6 Å². The third kappa shape index (κ3) is 4.52. The molecule has 1 saturated heterocycles. The highest BCUT2D eigenvalue weighted by atomic mass is 19.1. The molecule has 10 heteroatoms. The van der Waals surface area contributed by atoms with E-state index in [4.69, 9.17) is 9.26 Å². The smallest absolute Gasteiger partial charge is 0.255 e. The molecule has 1 aromatic carbocycles. The van der Waals surface area contributed by atoms with Crippen LogP contribution in [0.4, 0.5) is 8.78 Å². The van der Waals surface area contributed by atoms with E-state index >= 15 is 0 Å². The van der Waals surface area contributed by atoms with Crippen LogP contribution in [-0.2, 0) is 5.41 Å². The Morgan fingerprint density at radius 2 is 2.09 bits per heavy atom. The maximum Gasteiger partial charge on any atom is 0.255 e. The normalized spacial score (nSPS) is 20.2. The molecule has 1 N–H and O–H groups in total. The van der Waals surface area contributed by atoms with Crippen LogP contribution in [0.15, 0.2) is 33.6 Å². The van der Waals surface area contributed by atoms with Gasteiger partial charge in [0, 0.05) is 18.2 Å². The van der Waals surface area contributed by atoms with Crippen molar-refractivity contribution in [2.45, 2.75) is 57.8 Å². The summed E-state index contributed by atoms with van der Waals surface area (Å²) in [5.74, 6) is -0.0156. The van der Waals surface area contributed by atoms with Gasteiger partial charge in [0.1, 0.15) is 18.1 Å². The Balaban J connectivity index is 1.61. The lowest BCUT2D eigenvalue weighted by molar-refractivity contribution is 0.116. The molecule has 0 aliphatic carbocycles. The molecule has 0 bridgehead atoms. The van der Waals surface area contributed by atoms with Crippen LogP contribution < -0.4 is 10.3 Å². The maximum absolute atomic E-state index is 14.6. The first kappa shape index (κ1) is 23.0. The van der Waals surface area contributed by atoms with E-state index in [1.54, 1.807) is 19.9 Å². The van der Waals surface area contributed by atoms with Crippen molar-refractivity contribution >= 4 is 0 Å². The van der Waals surface area contributed by atoms with Gasteiger partial charge in [-0.2, -0.15) is 9.97 Å². The number of aromatic amines is 1. The van der Waals surface area contributed by atoms with E-state index in [0.717, 1.165) is 5.56 Å². The summed E-state index contributed by atoms with van der Waals surface area (Å²) in [6, 6.07) is 5.92. The predicted octanol–water partition coefficient (Wildman–Crippen LogP) is 3.40. The number of rotatable bonds is 6. The molecule has 4 rings (SSSR count). The largest absolute Gasteiger partial charge is 0.473 e. The fraction of sp³-hybridized carbons (Fsp3) is 0.478. The molecule has 0 saturated carbocycles. The Kier molecular flexibility index (Phi) is 6.04. The molecule has 3 atom stereocenters. The summed E-state index contributed by atoms with van der Waals surface area (Å²) in [7, 11) is 1.83. The summed E-state index contributed by atoms with van der Waals surface area (Å²) in [6.07, 6.45) is -0.943. The zero-order valence-corrected chi connectivity index (χ0v) is 19.2. The van der Waals surface area contributed by atoms with Crippen LogP contribution in [0.5, 0.6) is 5.88 Å². The summed E-state index contributed by atoms with van der Waals surface area (Å²) < 4.78 is 39.6. The average molecular weight is 459 g/mol. The molecule has 3 heterocycles. The zero-order chi connectivity index (χ0) is 23.9. The molecule has 1 aliphatic rings. The van der Waals surface area contributed by atoms with Crippen molar-refractivity contribution in [3.63, 3.8) is 0 Å². The van der Waals surface area contributed by atoms with E-state index in [1.807, 2.05) is 31.9 Å². The highest BCUT2D eigenvalue weighted by molar-refractivity contribution is 5.44. The number of aromatic nitrogens is 4. The number of nitrogens with one attached hydrogen (secondary N) is 1. The van der Waals surface area contributed by atoms with Crippen molar-refractivity contribution in [1.82, 2.24) is 25.0 Å². The molecular weight excluding hydrogens is 432 g/mol. The zero-order valence-electron chi connectivity index (χ0n) is 19.2. The Morgan fingerprint density at radius 1 is 1.33 bits per heavy atom. The Bertz CT molecular complexity index is 1190. The number of aryl methyl sites for hydroxylation is 1. The molecule has 8 nitrogen and oxygen atoms in total. The van der Waals surface area contributed by atoms with Crippen molar-refractivity contribution in [2.75, 3.05) is 13.6 Å². The Morgan fingerprint density at radius 3 is 2.76 bits per heavy atom. The molecule has 3 aromatic rings. The van der Waals surface area contributed by atoms with Gasteiger partial charge in [-0.25, -0.2) is 8.78 Å². The quantitative estimate of drug-likeness (QED) is 0.603. The molecule has 1 fully saturated rings. The second kappa shape index (κ2) is 8.66. The van der Waals surface area contributed by atoms with Crippen LogP contribution in [0.3, 0.4) is 0 Å². The van der Waals surface area contributed by atoms with Gasteiger partial charge in [0.15, 0.2) is 5.82 Å². The number of H-pyrrole nitrogens is 1. The molecule has 0 spiro atoms. The number of hydrogen-bond donors (Lipinski definition) is 1. The summed E-state index contributed by atoms with van der Waals surface area (Å²) >= 11 is 0. The van der Waals surface area contributed by atoms with Crippen molar-refractivity contribution in [1.29, 1.82) is 0 Å². The summed E-state index contributed by atoms with van der Waals surface area (Å²) in [5, 5.41) is 3.94. The van der Waals surface area contributed by atoms with Crippen molar-refractivity contribution in [3.8, 4) is 17.5 Å². The number of likely N-dealkylation sites (tertiary alicyclic amines) is 1. The number of benzene rings is 1. The Hall–Kier alpha value is -3.14. The van der Waals surface area contributed by atoms with Crippen LogP contribution in [-0.4, -0.2) is 56.9 Å². The van der Waals surface area contributed by atoms with Gasteiger partial charge in [-0.1, -0.05) is 17.3 Å². The first-order valence-electron chi connectivity index (χ1n) is 10.8. The first-order valence-corrected chi connectivity index (χ1v) is 10.8. The third-order valence-electron chi connectivity index (χ3n) is 6.14. The molecule has 33 heavy (non-hydrogen) atoms. The van der Waals surface area contributed by atoms with E-state index in [1.165, 1.54) is 12.1 Å². The number of halogens is 2. The summed E-state index contributed by atoms with van der Waals surface area (Å²) in [6.45, 7) is 7.53. The van der Waals surface area contributed by atoms with Gasteiger partial charge in [0.2, 0.25) is 17.6 Å². The molecule has 0 radical (unpaired) electrons. The van der Waals surface area contributed by atoms with Crippen LogP contribution >= 0.6 is 0 Å². The number of alkyl halides is 1. The molecule has 1 aliphatic heterocycles. The summed E-state index contributed by atoms with van der Waals surface area (Å²) in [5.41, 5.74) is -0.178. The van der Waals surface area contributed by atoms with E-state index in [0.29, 0.717) is 18.5 Å². The molecule has 0 amide bonds. The fourth-order valence-corrected chi connectivity index (χ4v) is 4.49. The lowest BCUT2D eigenvalue weighted by Gasteiger charge is -2.25. The monoisotopic (exact) mass is 459 g/mol. The SMILES string of the molecule is Cc1cccc(F)c1C(C)(C)c1nc(-c2nc(O[C@@H](C)[C@@H]3C[C@@H](F)CN3C)cc(=O)[nH]2)no1. The fourth-order valence-electron chi connectivity index (χ4n) is 4.49. The highest BCUT2D eigenvalue weighted by Gasteiger charge is 2.35. The van der Waals surface area contributed by atoms with Gasteiger partial charge in [-0.3, -0.25) is 9.69 Å². The first-order chi connectivity index (χ1) is 15.6. The molecule has 176 valence electrons. The van der Waals surface area contributed by atoms with Crippen molar-refractivity contribution in [3.05, 3.63) is 57.5 Å². The standard InChI is InChI=1S/C23H27F2N5O3/c1-12-7-6-8-15(25)19(12)23(3,4)22-28-21(29-33-22)20-26-17(31)10-18(27-20)32-13(2)16-9-14(24)11-30(16)5/h6-8,10,13-14,16H,9,11H2,1-5H3,(H,26,27,31)/t13-,14+,16-/m0/s1. The van der Waals surface area contributed by atoms with E-state index in [2.05, 4.69) is 20.1 Å². The van der Waals surface area contributed by atoms with E-state index in [9.17, 15) is 13.6 Å². The van der Waals surface area contributed by atoms with E-state index < -0.39 is 17.1 Å². The topological polar surface area (TPSA) is 97.1 Å². The minimum absolute atomic E-state index is 0.0454. The maximum atomic E-state index is 14.6. The number of likely N-dealkylation sites (N-methyl/N-ethyl adjacent to an activating group) is 1. The molecular formula is C23H27F2N5O3. The van der Waals surface area contributed by atoms with Gasteiger partial charge in [0.25, 0.3) is 5.56 Å². The van der Waals surface area contributed by atoms with Crippen LogP contribution in [0.2, 0.25) is 0 Å². The van der Waals surface area contributed by atoms with Gasteiger partial charge < -0.3 is 14.2 Å². The summed E-state index contributed by atoms with van der Waals surface area (Å²) in [4.78, 5) is 25.4. The van der Waals surface area contributed by atoms with Crippen molar-refractivity contribution < 1.29 is 18.0 Å². The van der Waals surface area contributed by atoms with E-state index in [-0.39, 0.29) is 41.4 Å². The minimum atomic E-state index is -0.917. The van der Waals surface area contributed by atoms with Gasteiger partial charge in [0.05, 0.1) is 11.5 Å². The lowest BCUT2D eigenvalue weighted by atomic mass is 9.81. The number of ether oxygens (including phenoxy) is 1. The van der Waals surface area contributed by atoms with Crippen LogP contribution in [0.1, 0.15) is 44.2 Å². The molecule has 2 aromatic heterocycles. The predicted molar refractivity (Wildman–Crippen MR) is 117 cm³/mol. The number of hydrogen-bond acceptors (Lipinski definition) is 7. The highest BCUT2D eigenvalue weighted by Crippen LogP contribution is 2.35. The third-order valence-corrected chi connectivity index (χ3v) is 6.14. The van der Waals surface area contributed by atoms with Crippen molar-refractivity contribution in [2.24, 2.45) is 0 Å². The number of nitrogens with zero attached hydrogens (tertiary/aromatic N) is 4. The van der Waals surface area contributed by atoms with Gasteiger partial charge in [-0.15, -0.1) is 0 Å². The second-order valence-electron chi connectivity index (χ2n) is 9.07. The van der Waals surface area contributed by atoms with Gasteiger partial charge in [-0.05, 0) is 52.8 Å². The van der Waals surface area contributed by atoms with Crippen LogP contribution in [0, 0.1) is 12.7 Å².